The first-order chi connectivity index (χ1) is 9.56. The fourth-order valence-corrected chi connectivity index (χ4v) is 2.36. The Bertz CT molecular complexity index is 621. The molecule has 0 saturated heterocycles. The SMILES string of the molecule is Cc1ccc(C)c(NC(=O)CNC(=O)c2cccs2)c1. The highest BCUT2D eigenvalue weighted by Crippen LogP contribution is 2.16. The van der Waals surface area contributed by atoms with Crippen molar-refractivity contribution in [1.82, 2.24) is 5.32 Å². The van der Waals surface area contributed by atoms with Gasteiger partial charge >= 0.3 is 0 Å². The Labute approximate surface area is 121 Å². The number of hydrogen-bond donors (Lipinski definition) is 2. The molecular weight excluding hydrogens is 272 g/mol. The molecule has 0 aliphatic carbocycles. The van der Waals surface area contributed by atoms with E-state index >= 15 is 0 Å². The summed E-state index contributed by atoms with van der Waals surface area (Å²) in [4.78, 5) is 24.1. The Kier molecular flexibility index (Phi) is 4.53. The van der Waals surface area contributed by atoms with Crippen LogP contribution in [0.2, 0.25) is 0 Å². The fraction of sp³-hybridized carbons (Fsp3) is 0.200. The van der Waals surface area contributed by atoms with Crippen LogP contribution in [0.15, 0.2) is 35.7 Å². The summed E-state index contributed by atoms with van der Waals surface area (Å²) in [5.74, 6) is -0.459. The lowest BCUT2D eigenvalue weighted by Gasteiger charge is -2.09. The molecule has 2 rings (SSSR count). The van der Waals surface area contributed by atoms with Crippen LogP contribution >= 0.6 is 11.3 Å². The topological polar surface area (TPSA) is 58.2 Å². The van der Waals surface area contributed by atoms with Gasteiger partial charge in [-0.1, -0.05) is 18.2 Å². The summed E-state index contributed by atoms with van der Waals surface area (Å²) in [6.07, 6.45) is 0. The minimum Gasteiger partial charge on any atom is -0.342 e. The molecule has 0 fully saturated rings. The maximum atomic E-state index is 11.8. The number of hydrogen-bond acceptors (Lipinski definition) is 3. The first-order valence-corrected chi connectivity index (χ1v) is 7.13. The standard InChI is InChI=1S/C15H16N2O2S/c1-10-5-6-11(2)12(8-10)17-14(18)9-16-15(19)13-4-3-7-20-13/h3-8H,9H2,1-2H3,(H,16,19)(H,17,18). The van der Waals surface area contributed by atoms with E-state index in [0.717, 1.165) is 16.8 Å². The zero-order chi connectivity index (χ0) is 14.5. The maximum absolute atomic E-state index is 11.8. The van der Waals surface area contributed by atoms with Gasteiger partial charge in [0.25, 0.3) is 5.91 Å². The molecule has 0 unspecified atom stereocenters. The molecule has 2 aromatic rings. The van der Waals surface area contributed by atoms with E-state index in [2.05, 4.69) is 10.6 Å². The van der Waals surface area contributed by atoms with E-state index in [1.807, 2.05) is 37.4 Å². The zero-order valence-corrected chi connectivity index (χ0v) is 12.2. The number of aryl methyl sites for hydroxylation is 2. The van der Waals surface area contributed by atoms with Gasteiger partial charge in [-0.05, 0) is 42.5 Å². The van der Waals surface area contributed by atoms with E-state index in [4.69, 9.17) is 0 Å². The van der Waals surface area contributed by atoms with Crippen LogP contribution < -0.4 is 10.6 Å². The molecule has 0 aliphatic rings. The van der Waals surface area contributed by atoms with Crippen molar-refractivity contribution in [2.45, 2.75) is 13.8 Å². The molecule has 104 valence electrons. The lowest BCUT2D eigenvalue weighted by atomic mass is 10.1. The van der Waals surface area contributed by atoms with Crippen molar-refractivity contribution in [3.8, 4) is 0 Å². The van der Waals surface area contributed by atoms with E-state index in [-0.39, 0.29) is 18.4 Å². The van der Waals surface area contributed by atoms with Gasteiger partial charge < -0.3 is 10.6 Å². The van der Waals surface area contributed by atoms with Crippen molar-refractivity contribution in [2.24, 2.45) is 0 Å². The summed E-state index contributed by atoms with van der Waals surface area (Å²) < 4.78 is 0. The van der Waals surface area contributed by atoms with E-state index in [9.17, 15) is 9.59 Å². The number of carbonyl (C=O) groups is 2. The summed E-state index contributed by atoms with van der Waals surface area (Å²) >= 11 is 1.35. The zero-order valence-electron chi connectivity index (χ0n) is 11.4. The Morgan fingerprint density at radius 2 is 2.00 bits per heavy atom. The predicted molar refractivity (Wildman–Crippen MR) is 81.2 cm³/mol. The van der Waals surface area contributed by atoms with Gasteiger partial charge in [0.1, 0.15) is 0 Å². The molecule has 0 saturated carbocycles. The third-order valence-electron chi connectivity index (χ3n) is 2.82. The average Bonchev–Trinajstić information content (AvgIpc) is 2.94. The first kappa shape index (κ1) is 14.3. The van der Waals surface area contributed by atoms with Crippen LogP contribution in [-0.4, -0.2) is 18.4 Å². The van der Waals surface area contributed by atoms with Crippen molar-refractivity contribution >= 4 is 28.8 Å². The van der Waals surface area contributed by atoms with Crippen LogP contribution in [0.1, 0.15) is 20.8 Å². The van der Waals surface area contributed by atoms with E-state index in [0.29, 0.717) is 4.88 Å². The van der Waals surface area contributed by atoms with Gasteiger partial charge in [-0.15, -0.1) is 11.3 Å². The summed E-state index contributed by atoms with van der Waals surface area (Å²) in [6.45, 7) is 3.86. The highest BCUT2D eigenvalue weighted by atomic mass is 32.1. The quantitative estimate of drug-likeness (QED) is 0.909. The van der Waals surface area contributed by atoms with Gasteiger partial charge in [0.05, 0.1) is 11.4 Å². The van der Waals surface area contributed by atoms with Crippen molar-refractivity contribution in [1.29, 1.82) is 0 Å². The second-order valence-corrected chi connectivity index (χ2v) is 5.47. The molecule has 1 aromatic carbocycles. The number of thiophene rings is 1. The fourth-order valence-electron chi connectivity index (χ4n) is 1.72. The minimum atomic E-state index is -0.233. The Morgan fingerprint density at radius 3 is 2.70 bits per heavy atom. The highest BCUT2D eigenvalue weighted by molar-refractivity contribution is 7.12. The van der Waals surface area contributed by atoms with Crippen molar-refractivity contribution in [2.75, 3.05) is 11.9 Å². The van der Waals surface area contributed by atoms with Gasteiger partial charge in [-0.2, -0.15) is 0 Å². The molecule has 0 radical (unpaired) electrons. The van der Waals surface area contributed by atoms with Gasteiger partial charge in [-0.3, -0.25) is 9.59 Å². The molecule has 2 N–H and O–H groups in total. The van der Waals surface area contributed by atoms with Crippen LogP contribution in [0, 0.1) is 13.8 Å². The largest absolute Gasteiger partial charge is 0.342 e. The predicted octanol–water partition coefficient (Wildman–Crippen LogP) is 2.73. The molecule has 0 spiro atoms. The summed E-state index contributed by atoms with van der Waals surface area (Å²) in [6, 6.07) is 9.38. The summed E-state index contributed by atoms with van der Waals surface area (Å²) in [5.41, 5.74) is 2.85. The molecule has 5 heteroatoms. The Morgan fingerprint density at radius 1 is 1.20 bits per heavy atom. The second kappa shape index (κ2) is 6.34. The third kappa shape index (κ3) is 3.68. The molecular formula is C15H16N2O2S. The smallest absolute Gasteiger partial charge is 0.261 e. The van der Waals surface area contributed by atoms with Crippen LogP contribution in [0.25, 0.3) is 0 Å². The molecule has 0 atom stereocenters. The summed E-state index contributed by atoms with van der Waals surface area (Å²) in [7, 11) is 0. The van der Waals surface area contributed by atoms with Gasteiger partial charge in [0, 0.05) is 5.69 Å². The molecule has 4 nitrogen and oxygen atoms in total. The molecule has 0 aliphatic heterocycles. The maximum Gasteiger partial charge on any atom is 0.261 e. The van der Waals surface area contributed by atoms with E-state index in [1.54, 1.807) is 12.1 Å². The third-order valence-corrected chi connectivity index (χ3v) is 3.69. The second-order valence-electron chi connectivity index (χ2n) is 4.53. The number of anilines is 1. The minimum absolute atomic E-state index is 0.0376. The normalized spacial score (nSPS) is 10.1. The molecule has 0 bridgehead atoms. The molecule has 20 heavy (non-hydrogen) atoms. The summed E-state index contributed by atoms with van der Waals surface area (Å²) in [5, 5.41) is 7.22. The van der Waals surface area contributed by atoms with Crippen molar-refractivity contribution in [3.05, 3.63) is 51.7 Å². The van der Waals surface area contributed by atoms with Gasteiger partial charge in [0.2, 0.25) is 5.91 Å². The monoisotopic (exact) mass is 288 g/mol. The lowest BCUT2D eigenvalue weighted by molar-refractivity contribution is -0.115. The highest BCUT2D eigenvalue weighted by Gasteiger charge is 2.09. The Balaban J connectivity index is 1.90. The van der Waals surface area contributed by atoms with Crippen LogP contribution in [0.5, 0.6) is 0 Å². The molecule has 1 heterocycles. The number of amides is 2. The van der Waals surface area contributed by atoms with Crippen molar-refractivity contribution < 1.29 is 9.59 Å². The lowest BCUT2D eigenvalue weighted by Crippen LogP contribution is -2.32. The number of carbonyl (C=O) groups excluding carboxylic acids is 2. The first-order valence-electron chi connectivity index (χ1n) is 6.25. The van der Waals surface area contributed by atoms with Crippen LogP contribution in [0.3, 0.4) is 0 Å². The van der Waals surface area contributed by atoms with Crippen molar-refractivity contribution in [3.63, 3.8) is 0 Å². The van der Waals surface area contributed by atoms with E-state index < -0.39 is 0 Å². The van der Waals surface area contributed by atoms with Crippen LogP contribution in [-0.2, 0) is 4.79 Å². The number of benzene rings is 1. The number of nitrogens with one attached hydrogen (secondary N) is 2. The molecule has 2 amide bonds. The van der Waals surface area contributed by atoms with E-state index in [1.165, 1.54) is 11.3 Å². The number of rotatable bonds is 4. The average molecular weight is 288 g/mol. The van der Waals surface area contributed by atoms with Crippen LogP contribution in [0.4, 0.5) is 5.69 Å². The van der Waals surface area contributed by atoms with Gasteiger partial charge in [0.15, 0.2) is 0 Å². The van der Waals surface area contributed by atoms with Gasteiger partial charge in [-0.25, -0.2) is 0 Å². The molecule has 1 aromatic heterocycles. The Hall–Kier alpha value is -2.14.